The molecule has 3 heteroatoms. The van der Waals surface area contributed by atoms with Crippen LogP contribution in [0.4, 0.5) is 0 Å². The predicted molar refractivity (Wildman–Crippen MR) is 213 cm³/mol. The lowest BCUT2D eigenvalue weighted by Gasteiger charge is -2.10. The van der Waals surface area contributed by atoms with Crippen molar-refractivity contribution in [3.8, 4) is 33.6 Å². The summed E-state index contributed by atoms with van der Waals surface area (Å²) in [6.07, 6.45) is 0. The van der Waals surface area contributed by atoms with Gasteiger partial charge < -0.3 is 13.6 Å². The van der Waals surface area contributed by atoms with Gasteiger partial charge in [0, 0.05) is 49.3 Å². The van der Waals surface area contributed by atoms with Crippen molar-refractivity contribution >= 4 is 65.6 Å². The van der Waals surface area contributed by atoms with Crippen molar-refractivity contribution in [1.29, 1.82) is 0 Å². The molecule has 0 radical (unpaired) electrons. The highest BCUT2D eigenvalue weighted by Gasteiger charge is 2.19. The van der Waals surface area contributed by atoms with Crippen molar-refractivity contribution in [3.63, 3.8) is 0 Å². The maximum atomic E-state index is 6.40. The number of para-hydroxylation sites is 4. The zero-order chi connectivity index (χ0) is 33.5. The summed E-state index contributed by atoms with van der Waals surface area (Å²) >= 11 is 0. The van der Waals surface area contributed by atoms with Gasteiger partial charge in [0.05, 0.1) is 22.1 Å². The number of hydrogen-bond acceptors (Lipinski definition) is 1. The molecule has 8 aromatic carbocycles. The molecule has 0 fully saturated rings. The third-order valence-electron chi connectivity index (χ3n) is 10.5. The smallest absolute Gasteiger partial charge is 0.143 e. The summed E-state index contributed by atoms with van der Waals surface area (Å²) in [6, 6.07) is 65.5. The second-order valence-corrected chi connectivity index (χ2v) is 13.3. The van der Waals surface area contributed by atoms with Crippen LogP contribution < -0.4 is 0 Å². The molecule has 0 aliphatic carbocycles. The molecular formula is C48H30N2O. The molecule has 238 valence electrons. The minimum atomic E-state index is 0.915. The fourth-order valence-electron chi connectivity index (χ4n) is 8.19. The molecule has 0 unspecified atom stereocenters. The minimum Gasteiger partial charge on any atom is -0.455 e. The normalized spacial score (nSPS) is 11.9. The van der Waals surface area contributed by atoms with Crippen LogP contribution in [0.15, 0.2) is 186 Å². The van der Waals surface area contributed by atoms with Gasteiger partial charge in [0.25, 0.3) is 0 Å². The van der Waals surface area contributed by atoms with E-state index in [1.165, 1.54) is 54.7 Å². The SMILES string of the molecule is c1ccc(-c2ccc3c(c2)c2cc4c(cc2n3-c2ccccc2)c2ccccc2n4-c2ccc(-c3cccc4c3oc3ccccc34)cc2)cc1. The van der Waals surface area contributed by atoms with Gasteiger partial charge >= 0.3 is 0 Å². The highest BCUT2D eigenvalue weighted by atomic mass is 16.3. The summed E-state index contributed by atoms with van der Waals surface area (Å²) < 4.78 is 11.2. The van der Waals surface area contributed by atoms with E-state index in [1.807, 2.05) is 12.1 Å². The van der Waals surface area contributed by atoms with Crippen molar-refractivity contribution in [1.82, 2.24) is 9.13 Å². The topological polar surface area (TPSA) is 23.0 Å². The van der Waals surface area contributed by atoms with Crippen LogP contribution in [-0.4, -0.2) is 9.13 Å². The van der Waals surface area contributed by atoms with Gasteiger partial charge in [-0.1, -0.05) is 121 Å². The maximum Gasteiger partial charge on any atom is 0.143 e. The van der Waals surface area contributed by atoms with Crippen LogP contribution in [0.2, 0.25) is 0 Å². The second-order valence-electron chi connectivity index (χ2n) is 13.3. The Morgan fingerprint density at radius 1 is 0.314 bits per heavy atom. The number of hydrogen-bond donors (Lipinski definition) is 0. The van der Waals surface area contributed by atoms with Crippen molar-refractivity contribution in [3.05, 3.63) is 182 Å². The van der Waals surface area contributed by atoms with E-state index in [9.17, 15) is 0 Å². The molecule has 11 aromatic rings. The quantitative estimate of drug-likeness (QED) is 0.186. The maximum absolute atomic E-state index is 6.40. The van der Waals surface area contributed by atoms with Gasteiger partial charge in [-0.3, -0.25) is 0 Å². The molecule has 0 aliphatic heterocycles. The Kier molecular flexibility index (Phi) is 5.96. The molecule has 0 amide bonds. The number of nitrogens with zero attached hydrogens (tertiary/aromatic N) is 2. The Balaban J connectivity index is 1.15. The monoisotopic (exact) mass is 650 g/mol. The van der Waals surface area contributed by atoms with Gasteiger partial charge in [-0.2, -0.15) is 0 Å². The first-order chi connectivity index (χ1) is 25.3. The van der Waals surface area contributed by atoms with Gasteiger partial charge in [-0.05, 0) is 77.4 Å². The Labute approximate surface area is 293 Å². The molecular weight excluding hydrogens is 621 g/mol. The largest absolute Gasteiger partial charge is 0.455 e. The van der Waals surface area contributed by atoms with Crippen LogP contribution in [0, 0.1) is 0 Å². The van der Waals surface area contributed by atoms with E-state index >= 15 is 0 Å². The highest BCUT2D eigenvalue weighted by Crippen LogP contribution is 2.41. The molecule has 0 atom stereocenters. The van der Waals surface area contributed by atoms with Gasteiger partial charge in [0.2, 0.25) is 0 Å². The number of furan rings is 1. The summed E-state index contributed by atoms with van der Waals surface area (Å²) in [5, 5.41) is 7.23. The Morgan fingerprint density at radius 2 is 0.882 bits per heavy atom. The molecule has 0 aliphatic rings. The van der Waals surface area contributed by atoms with Crippen molar-refractivity contribution in [2.45, 2.75) is 0 Å². The summed E-state index contributed by atoms with van der Waals surface area (Å²) in [5.74, 6) is 0. The molecule has 51 heavy (non-hydrogen) atoms. The Hall–Kier alpha value is -6.84. The van der Waals surface area contributed by atoms with E-state index in [2.05, 4.69) is 179 Å². The fraction of sp³-hybridized carbons (Fsp3) is 0. The molecule has 0 N–H and O–H groups in total. The first kappa shape index (κ1) is 28.0. The van der Waals surface area contributed by atoms with Crippen LogP contribution in [0.25, 0.3) is 99.2 Å². The fourth-order valence-corrected chi connectivity index (χ4v) is 8.19. The van der Waals surface area contributed by atoms with E-state index in [4.69, 9.17) is 4.42 Å². The van der Waals surface area contributed by atoms with E-state index in [0.717, 1.165) is 44.4 Å². The lowest BCUT2D eigenvalue weighted by Crippen LogP contribution is -1.94. The van der Waals surface area contributed by atoms with Crippen molar-refractivity contribution < 1.29 is 4.42 Å². The first-order valence-electron chi connectivity index (χ1n) is 17.4. The minimum absolute atomic E-state index is 0.915. The number of rotatable bonds is 4. The molecule has 3 aromatic heterocycles. The van der Waals surface area contributed by atoms with Gasteiger partial charge in [0.15, 0.2) is 0 Å². The van der Waals surface area contributed by atoms with Crippen LogP contribution >= 0.6 is 0 Å². The van der Waals surface area contributed by atoms with Crippen LogP contribution in [0.3, 0.4) is 0 Å². The zero-order valence-electron chi connectivity index (χ0n) is 27.6. The molecule has 3 heterocycles. The number of aromatic nitrogens is 2. The van der Waals surface area contributed by atoms with E-state index in [-0.39, 0.29) is 0 Å². The molecule has 0 saturated carbocycles. The molecule has 11 rings (SSSR count). The zero-order valence-corrected chi connectivity index (χ0v) is 27.6. The summed E-state index contributed by atoms with van der Waals surface area (Å²) in [4.78, 5) is 0. The van der Waals surface area contributed by atoms with E-state index in [0.29, 0.717) is 0 Å². The van der Waals surface area contributed by atoms with Crippen LogP contribution in [0.1, 0.15) is 0 Å². The van der Waals surface area contributed by atoms with Gasteiger partial charge in [-0.25, -0.2) is 0 Å². The lowest BCUT2D eigenvalue weighted by molar-refractivity contribution is 0.670. The highest BCUT2D eigenvalue weighted by molar-refractivity contribution is 6.19. The molecule has 0 bridgehead atoms. The third kappa shape index (κ3) is 4.19. The van der Waals surface area contributed by atoms with Gasteiger partial charge in [-0.15, -0.1) is 0 Å². The van der Waals surface area contributed by atoms with Crippen molar-refractivity contribution in [2.75, 3.05) is 0 Å². The summed E-state index contributed by atoms with van der Waals surface area (Å²) in [5.41, 5.74) is 13.6. The Bertz CT molecular complexity index is 3110. The summed E-state index contributed by atoms with van der Waals surface area (Å²) in [7, 11) is 0. The number of fused-ring (bicyclic) bond motifs is 9. The predicted octanol–water partition coefficient (Wildman–Crippen LogP) is 13.1. The van der Waals surface area contributed by atoms with E-state index < -0.39 is 0 Å². The standard InChI is InChI=1S/C48H30N2O/c1-3-12-31(13-4-1)33-24-27-44-40(28-33)42-30-45-41(29-46(42)49(44)34-14-5-2-6-15-34)37-16-7-9-20-43(37)50(45)35-25-22-32(23-26-35)36-18-11-19-39-38-17-8-10-21-47(38)51-48(36)39/h1-30H. The third-order valence-corrected chi connectivity index (χ3v) is 10.5. The van der Waals surface area contributed by atoms with Crippen LogP contribution in [-0.2, 0) is 0 Å². The van der Waals surface area contributed by atoms with Crippen LogP contribution in [0.5, 0.6) is 0 Å². The molecule has 0 saturated heterocycles. The molecule has 0 spiro atoms. The second kappa shape index (κ2) is 10.8. The lowest BCUT2D eigenvalue weighted by atomic mass is 10.0. The summed E-state index contributed by atoms with van der Waals surface area (Å²) in [6.45, 7) is 0. The Morgan fingerprint density at radius 3 is 1.67 bits per heavy atom. The number of benzene rings is 8. The average molecular weight is 651 g/mol. The average Bonchev–Trinajstić information content (AvgIpc) is 3.85. The van der Waals surface area contributed by atoms with Gasteiger partial charge in [0.1, 0.15) is 11.2 Å². The molecule has 3 nitrogen and oxygen atoms in total. The van der Waals surface area contributed by atoms with Crippen molar-refractivity contribution in [2.24, 2.45) is 0 Å². The first-order valence-corrected chi connectivity index (χ1v) is 17.4. The van der Waals surface area contributed by atoms with E-state index in [1.54, 1.807) is 0 Å².